The number of hydrogen-bond donors (Lipinski definition) is 6. The van der Waals surface area contributed by atoms with Crippen LogP contribution in [-0.4, -0.2) is 36.4 Å². The Labute approximate surface area is 175 Å². The zero-order chi connectivity index (χ0) is 22.4. The zero-order valence-corrected chi connectivity index (χ0v) is 17.3. The summed E-state index contributed by atoms with van der Waals surface area (Å²) in [5.41, 5.74) is 0.403. The summed E-state index contributed by atoms with van der Waals surface area (Å²) in [7, 11) is 0. The van der Waals surface area contributed by atoms with Crippen LogP contribution in [0.4, 0.5) is 0 Å². The van der Waals surface area contributed by atoms with E-state index in [1.165, 1.54) is 24.3 Å². The number of phenolic OH excluding ortho intramolecular Hbond substituents is 6. The van der Waals surface area contributed by atoms with E-state index < -0.39 is 46.3 Å². The molecular formula is C23H30O7. The summed E-state index contributed by atoms with van der Waals surface area (Å²) in [4.78, 5) is 13.6. The van der Waals surface area contributed by atoms with Crippen LogP contribution < -0.4 is 0 Å². The molecule has 164 valence electrons. The number of hydrogen-bond acceptors (Lipinski definition) is 7. The Morgan fingerprint density at radius 2 is 1.03 bits per heavy atom. The van der Waals surface area contributed by atoms with E-state index in [-0.39, 0.29) is 16.9 Å². The molecule has 0 fully saturated rings. The van der Waals surface area contributed by atoms with Crippen molar-refractivity contribution in [3.05, 3.63) is 35.4 Å². The first-order valence-corrected chi connectivity index (χ1v) is 10.3. The molecule has 0 radical (unpaired) electrons. The minimum absolute atomic E-state index is 0.202. The van der Waals surface area contributed by atoms with Gasteiger partial charge in [0.15, 0.2) is 23.0 Å². The number of Topliss-reactive ketones (excluding diaryl/α,β-unsaturated/α-hetero) is 1. The Bertz CT molecular complexity index is 820. The monoisotopic (exact) mass is 418 g/mol. The lowest BCUT2D eigenvalue weighted by Crippen LogP contribution is -2.21. The van der Waals surface area contributed by atoms with Crippen molar-refractivity contribution < 1.29 is 35.4 Å². The van der Waals surface area contributed by atoms with Gasteiger partial charge in [0.1, 0.15) is 5.78 Å². The molecule has 30 heavy (non-hydrogen) atoms. The van der Waals surface area contributed by atoms with Crippen molar-refractivity contribution in [3.63, 3.8) is 0 Å². The molecule has 0 heterocycles. The van der Waals surface area contributed by atoms with Gasteiger partial charge in [0, 0.05) is 23.0 Å². The summed E-state index contributed by atoms with van der Waals surface area (Å²) in [5, 5.41) is 59.9. The molecule has 2 unspecified atom stereocenters. The number of benzene rings is 2. The predicted octanol–water partition coefficient (Wildman–Crippen LogP) is 4.74. The molecule has 0 aliphatic rings. The highest BCUT2D eigenvalue weighted by atomic mass is 16.3. The van der Waals surface area contributed by atoms with E-state index in [2.05, 4.69) is 0 Å². The van der Waals surface area contributed by atoms with Crippen molar-refractivity contribution in [1.29, 1.82) is 0 Å². The minimum Gasteiger partial charge on any atom is -0.504 e. The van der Waals surface area contributed by atoms with Crippen LogP contribution in [0.1, 0.15) is 75.3 Å². The molecule has 0 spiro atoms. The van der Waals surface area contributed by atoms with E-state index in [0.29, 0.717) is 25.7 Å². The van der Waals surface area contributed by atoms with Gasteiger partial charge in [-0.1, -0.05) is 51.7 Å². The third kappa shape index (κ3) is 4.72. The van der Waals surface area contributed by atoms with Crippen molar-refractivity contribution in [2.24, 2.45) is 0 Å². The second-order valence-corrected chi connectivity index (χ2v) is 7.53. The molecule has 7 heteroatoms. The number of phenols is 6. The average molecular weight is 418 g/mol. The molecule has 0 saturated carbocycles. The second kappa shape index (κ2) is 10.1. The molecule has 2 atom stereocenters. The van der Waals surface area contributed by atoms with Gasteiger partial charge in [0.05, 0.1) is 0 Å². The van der Waals surface area contributed by atoms with Gasteiger partial charge in [-0.25, -0.2) is 0 Å². The van der Waals surface area contributed by atoms with E-state index in [9.17, 15) is 35.4 Å². The van der Waals surface area contributed by atoms with Crippen molar-refractivity contribution in [3.8, 4) is 34.5 Å². The second-order valence-electron chi connectivity index (χ2n) is 7.53. The quantitative estimate of drug-likeness (QED) is 0.306. The van der Waals surface area contributed by atoms with E-state index >= 15 is 0 Å². The van der Waals surface area contributed by atoms with E-state index in [1.54, 1.807) is 0 Å². The van der Waals surface area contributed by atoms with Gasteiger partial charge >= 0.3 is 0 Å². The fourth-order valence-electron chi connectivity index (χ4n) is 3.69. The smallest absolute Gasteiger partial charge is 0.200 e. The normalized spacial score (nSPS) is 13.1. The molecule has 0 bridgehead atoms. The Balaban J connectivity index is 2.56. The first-order valence-electron chi connectivity index (χ1n) is 10.3. The summed E-state index contributed by atoms with van der Waals surface area (Å²) in [6.07, 6.45) is 3.79. The maximum atomic E-state index is 13.6. The molecule has 2 aromatic rings. The van der Waals surface area contributed by atoms with E-state index in [4.69, 9.17) is 0 Å². The first-order chi connectivity index (χ1) is 14.2. The molecule has 7 nitrogen and oxygen atoms in total. The first kappa shape index (κ1) is 23.2. The molecule has 6 N–H and O–H groups in total. The van der Waals surface area contributed by atoms with Crippen molar-refractivity contribution in [2.45, 2.75) is 64.2 Å². The van der Waals surface area contributed by atoms with Crippen LogP contribution >= 0.6 is 0 Å². The largest absolute Gasteiger partial charge is 0.504 e. The summed E-state index contributed by atoms with van der Waals surface area (Å²) in [5.74, 6) is -5.27. The Morgan fingerprint density at radius 3 is 1.37 bits per heavy atom. The van der Waals surface area contributed by atoms with Crippen LogP contribution in [0.15, 0.2) is 24.3 Å². The van der Waals surface area contributed by atoms with Crippen LogP contribution in [0, 0.1) is 0 Å². The maximum Gasteiger partial charge on any atom is 0.200 e. The highest BCUT2D eigenvalue weighted by Gasteiger charge is 2.33. The van der Waals surface area contributed by atoms with Crippen LogP contribution in [0.25, 0.3) is 0 Å². The zero-order valence-electron chi connectivity index (χ0n) is 17.3. The summed E-state index contributed by atoms with van der Waals surface area (Å²) in [6, 6.07) is 5.27. The number of unbranched alkanes of at least 4 members (excludes halogenated alkanes) is 2. The molecule has 2 rings (SSSR count). The predicted molar refractivity (Wildman–Crippen MR) is 112 cm³/mol. The van der Waals surface area contributed by atoms with Gasteiger partial charge in [-0.2, -0.15) is 0 Å². The van der Waals surface area contributed by atoms with Gasteiger partial charge in [-0.05, 0) is 25.0 Å². The lowest BCUT2D eigenvalue weighted by Gasteiger charge is -2.25. The van der Waals surface area contributed by atoms with Gasteiger partial charge in [0.25, 0.3) is 0 Å². The van der Waals surface area contributed by atoms with Gasteiger partial charge in [-0.3, -0.25) is 4.79 Å². The van der Waals surface area contributed by atoms with Crippen molar-refractivity contribution in [1.82, 2.24) is 0 Å². The molecule has 2 aromatic carbocycles. The summed E-state index contributed by atoms with van der Waals surface area (Å²) >= 11 is 0. The summed E-state index contributed by atoms with van der Waals surface area (Å²) in [6.45, 7) is 3.93. The lowest BCUT2D eigenvalue weighted by atomic mass is 9.78. The maximum absolute atomic E-state index is 13.6. The Morgan fingerprint density at radius 1 is 0.667 bits per heavy atom. The third-order valence-electron chi connectivity index (χ3n) is 5.45. The molecule has 0 saturated heterocycles. The average Bonchev–Trinajstić information content (AvgIpc) is 2.73. The van der Waals surface area contributed by atoms with Gasteiger partial charge in [-0.15, -0.1) is 0 Å². The SMILES string of the molecule is CCCCC(C(=O)C(CCCC)c1ccc(O)c(O)c1O)c1ccc(O)c(O)c1O. The highest BCUT2D eigenvalue weighted by molar-refractivity contribution is 5.93. The van der Waals surface area contributed by atoms with Crippen LogP contribution in [0.2, 0.25) is 0 Å². The molecule has 0 aromatic heterocycles. The van der Waals surface area contributed by atoms with E-state index in [0.717, 1.165) is 12.8 Å². The van der Waals surface area contributed by atoms with Crippen LogP contribution in [0.5, 0.6) is 34.5 Å². The number of ketones is 1. The Kier molecular flexibility index (Phi) is 7.80. The topological polar surface area (TPSA) is 138 Å². The molecular weight excluding hydrogens is 388 g/mol. The van der Waals surface area contributed by atoms with Gasteiger partial charge in [0.2, 0.25) is 11.5 Å². The minimum atomic E-state index is -0.784. The molecule has 0 aliphatic heterocycles. The van der Waals surface area contributed by atoms with Gasteiger partial charge < -0.3 is 30.6 Å². The number of carbonyl (C=O) groups excluding carboxylic acids is 1. The Hall–Kier alpha value is -3.09. The fraction of sp³-hybridized carbons (Fsp3) is 0.435. The fourth-order valence-corrected chi connectivity index (χ4v) is 3.69. The third-order valence-corrected chi connectivity index (χ3v) is 5.45. The van der Waals surface area contributed by atoms with Crippen molar-refractivity contribution in [2.75, 3.05) is 0 Å². The molecule has 0 aliphatic carbocycles. The van der Waals surface area contributed by atoms with Crippen LogP contribution in [0.3, 0.4) is 0 Å². The summed E-state index contributed by atoms with van der Waals surface area (Å²) < 4.78 is 0. The highest BCUT2D eigenvalue weighted by Crippen LogP contribution is 2.46. The number of aromatic hydroxyl groups is 6. The molecule has 0 amide bonds. The van der Waals surface area contributed by atoms with Crippen LogP contribution in [-0.2, 0) is 4.79 Å². The number of carbonyl (C=O) groups is 1. The number of rotatable bonds is 10. The van der Waals surface area contributed by atoms with E-state index in [1.807, 2.05) is 13.8 Å². The lowest BCUT2D eigenvalue weighted by molar-refractivity contribution is -0.122. The van der Waals surface area contributed by atoms with Crippen molar-refractivity contribution >= 4 is 5.78 Å². The standard InChI is InChI=1S/C23H30O7/c1-3-5-7-13(15-9-11-17(24)22(29)20(15)27)19(26)14(8-6-4-2)16-10-12-18(25)23(30)21(16)28/h9-14,24-25,27-30H,3-8H2,1-2H3.